The predicted molar refractivity (Wildman–Crippen MR) is 144 cm³/mol. The second-order valence-electron chi connectivity index (χ2n) is 11.2. The highest BCUT2D eigenvalue weighted by Gasteiger charge is 2.38. The van der Waals surface area contributed by atoms with Gasteiger partial charge in [-0.15, -0.1) is 0 Å². The number of amides is 1. The van der Waals surface area contributed by atoms with Gasteiger partial charge in [-0.1, -0.05) is 11.8 Å². The number of pyridine rings is 1. The van der Waals surface area contributed by atoms with Gasteiger partial charge in [-0.05, 0) is 52.0 Å². The molecule has 11 heteroatoms. The summed E-state index contributed by atoms with van der Waals surface area (Å²) in [5.74, 6) is 1.81. The number of hydrogen-bond acceptors (Lipinski definition) is 9. The molecular weight excluding hydrogens is 490 g/mol. The third-order valence-corrected chi connectivity index (χ3v) is 7.75. The van der Waals surface area contributed by atoms with Crippen LogP contribution in [-0.4, -0.2) is 87.8 Å². The molecule has 2 atom stereocenters. The Morgan fingerprint density at radius 2 is 1.95 bits per heavy atom. The highest BCUT2D eigenvalue weighted by atomic mass is 32.2. The van der Waals surface area contributed by atoms with Crippen molar-refractivity contribution in [2.75, 3.05) is 55.3 Å². The molecule has 3 aliphatic rings. The Balaban J connectivity index is 1.24. The highest BCUT2D eigenvalue weighted by molar-refractivity contribution is 7.98. The van der Waals surface area contributed by atoms with E-state index in [1.165, 1.54) is 11.8 Å². The molecule has 0 saturated carbocycles. The maximum Gasteiger partial charge on any atom is 0.410 e. The van der Waals surface area contributed by atoms with Gasteiger partial charge in [-0.3, -0.25) is 0 Å². The zero-order valence-electron chi connectivity index (χ0n) is 22.2. The predicted octanol–water partition coefficient (Wildman–Crippen LogP) is 3.65. The number of anilines is 2. The SMILES string of the molecule is CSc1ncc2c(n1)N1CCC[C@H]1C[N+]([O-])(Cc1ccc(N3CCN(C(=O)OC(C)(C)C)CC3)nc1)C2. The van der Waals surface area contributed by atoms with Crippen molar-refractivity contribution < 1.29 is 14.2 Å². The topological polar surface area (TPSA) is 97.8 Å². The van der Waals surface area contributed by atoms with E-state index in [0.29, 0.717) is 45.8 Å². The minimum Gasteiger partial charge on any atom is -0.632 e. The molecule has 200 valence electrons. The second kappa shape index (κ2) is 10.3. The van der Waals surface area contributed by atoms with E-state index in [4.69, 9.17) is 9.72 Å². The van der Waals surface area contributed by atoms with Crippen molar-refractivity contribution in [3.8, 4) is 0 Å². The number of quaternary nitrogens is 1. The Kier molecular flexibility index (Phi) is 7.21. The fourth-order valence-corrected chi connectivity index (χ4v) is 5.84. The van der Waals surface area contributed by atoms with Crippen LogP contribution < -0.4 is 9.80 Å². The van der Waals surface area contributed by atoms with Crippen LogP contribution in [-0.2, 0) is 17.8 Å². The van der Waals surface area contributed by atoms with Gasteiger partial charge in [-0.25, -0.2) is 19.7 Å². The zero-order chi connectivity index (χ0) is 26.2. The van der Waals surface area contributed by atoms with E-state index in [1.54, 1.807) is 4.90 Å². The average molecular weight is 528 g/mol. The summed E-state index contributed by atoms with van der Waals surface area (Å²) in [7, 11) is 0. The van der Waals surface area contributed by atoms with Crippen LogP contribution in [0.15, 0.2) is 29.7 Å². The van der Waals surface area contributed by atoms with Crippen LogP contribution in [0.2, 0.25) is 0 Å². The molecule has 0 aromatic carbocycles. The first-order valence-electron chi connectivity index (χ1n) is 13.0. The van der Waals surface area contributed by atoms with Gasteiger partial charge < -0.3 is 29.3 Å². The molecule has 10 nitrogen and oxygen atoms in total. The van der Waals surface area contributed by atoms with E-state index < -0.39 is 5.60 Å². The van der Waals surface area contributed by atoms with Crippen LogP contribution in [0, 0.1) is 5.21 Å². The van der Waals surface area contributed by atoms with Gasteiger partial charge in [0.25, 0.3) is 0 Å². The Bertz CT molecular complexity index is 1120. The maximum atomic E-state index is 14.1. The normalized spacial score (nSPS) is 23.9. The molecule has 0 radical (unpaired) electrons. The van der Waals surface area contributed by atoms with E-state index in [-0.39, 0.29) is 16.8 Å². The molecule has 5 heterocycles. The van der Waals surface area contributed by atoms with Crippen LogP contribution in [0.1, 0.15) is 44.7 Å². The van der Waals surface area contributed by atoms with Gasteiger partial charge in [0.1, 0.15) is 30.3 Å². The molecule has 1 amide bonds. The average Bonchev–Trinajstić information content (AvgIpc) is 3.26. The molecule has 0 spiro atoms. The number of hydrogen-bond donors (Lipinski definition) is 0. The Hall–Kier alpha value is -2.63. The number of rotatable bonds is 4. The van der Waals surface area contributed by atoms with Crippen molar-refractivity contribution in [2.24, 2.45) is 0 Å². The Morgan fingerprint density at radius 1 is 1.16 bits per heavy atom. The summed E-state index contributed by atoms with van der Waals surface area (Å²) in [5, 5.41) is 14.9. The molecule has 0 bridgehead atoms. The van der Waals surface area contributed by atoms with Crippen LogP contribution in [0.5, 0.6) is 0 Å². The summed E-state index contributed by atoms with van der Waals surface area (Å²) in [5.41, 5.74) is 1.37. The minimum absolute atomic E-state index is 0.205. The van der Waals surface area contributed by atoms with E-state index in [0.717, 1.165) is 47.3 Å². The Labute approximate surface area is 223 Å². The molecule has 2 aromatic heterocycles. The number of nitrogens with zero attached hydrogens (tertiary/aromatic N) is 7. The van der Waals surface area contributed by atoms with Gasteiger partial charge in [-0.2, -0.15) is 0 Å². The molecule has 5 rings (SSSR count). The van der Waals surface area contributed by atoms with E-state index in [9.17, 15) is 10.0 Å². The summed E-state index contributed by atoms with van der Waals surface area (Å²) in [4.78, 5) is 32.5. The zero-order valence-corrected chi connectivity index (χ0v) is 23.0. The largest absolute Gasteiger partial charge is 0.632 e. The quantitative estimate of drug-likeness (QED) is 0.255. The summed E-state index contributed by atoms with van der Waals surface area (Å²) in [6.45, 7) is 10.4. The first-order valence-corrected chi connectivity index (χ1v) is 14.3. The van der Waals surface area contributed by atoms with Gasteiger partial charge in [0.05, 0.1) is 18.2 Å². The lowest BCUT2D eigenvalue weighted by Gasteiger charge is -2.43. The fourth-order valence-electron chi connectivity index (χ4n) is 5.50. The van der Waals surface area contributed by atoms with Crippen molar-refractivity contribution in [3.63, 3.8) is 0 Å². The van der Waals surface area contributed by atoms with Crippen molar-refractivity contribution in [3.05, 3.63) is 40.9 Å². The van der Waals surface area contributed by atoms with Crippen molar-refractivity contribution in [1.29, 1.82) is 0 Å². The highest BCUT2D eigenvalue weighted by Crippen LogP contribution is 2.36. The number of fused-ring (bicyclic) bond motifs is 3. The van der Waals surface area contributed by atoms with Crippen LogP contribution in [0.25, 0.3) is 0 Å². The molecule has 2 aromatic rings. The molecule has 2 fully saturated rings. The lowest BCUT2D eigenvalue weighted by Crippen LogP contribution is -2.50. The molecule has 2 saturated heterocycles. The fraction of sp³-hybridized carbons (Fsp3) is 0.615. The summed E-state index contributed by atoms with van der Waals surface area (Å²) < 4.78 is 5.17. The lowest BCUT2D eigenvalue weighted by molar-refractivity contribution is -0.907. The molecule has 37 heavy (non-hydrogen) atoms. The molecule has 0 aliphatic carbocycles. The van der Waals surface area contributed by atoms with Crippen molar-refractivity contribution >= 4 is 29.5 Å². The van der Waals surface area contributed by atoms with E-state index in [1.807, 2.05) is 51.6 Å². The van der Waals surface area contributed by atoms with Crippen LogP contribution in [0.4, 0.5) is 16.4 Å². The van der Waals surface area contributed by atoms with Gasteiger partial charge in [0.2, 0.25) is 0 Å². The van der Waals surface area contributed by atoms with Gasteiger partial charge in [0.15, 0.2) is 5.16 Å². The number of thioether (sulfide) groups is 1. The van der Waals surface area contributed by atoms with Gasteiger partial charge >= 0.3 is 6.09 Å². The first kappa shape index (κ1) is 26.0. The third kappa shape index (κ3) is 5.94. The lowest BCUT2D eigenvalue weighted by atomic mass is 10.1. The number of hydroxylamine groups is 3. The summed E-state index contributed by atoms with van der Waals surface area (Å²) in [6, 6.07) is 4.22. The summed E-state index contributed by atoms with van der Waals surface area (Å²) >= 11 is 1.53. The van der Waals surface area contributed by atoms with Crippen molar-refractivity contribution in [1.82, 2.24) is 19.9 Å². The number of carbonyl (C=O) groups excluding carboxylic acids is 1. The van der Waals surface area contributed by atoms with Crippen LogP contribution in [0.3, 0.4) is 0 Å². The smallest absolute Gasteiger partial charge is 0.410 e. The van der Waals surface area contributed by atoms with E-state index in [2.05, 4.69) is 19.8 Å². The standard InChI is InChI=1S/C26H37N7O3S/c1-26(2,3)36-25(34)31-12-10-30(11-13-31)22-8-7-19(14-27-22)16-33(35)17-20-15-28-24(37-4)29-23(20)32-9-5-6-21(32)18-33/h7-8,14-15,21H,5-6,9-13,16-18H2,1-4H3/t21-,33?/m0/s1. The van der Waals surface area contributed by atoms with Gasteiger partial charge in [0, 0.05) is 50.7 Å². The molecule has 3 aliphatic heterocycles. The molecule has 1 unspecified atom stereocenters. The number of carbonyl (C=O) groups is 1. The first-order chi connectivity index (χ1) is 17.6. The Morgan fingerprint density at radius 3 is 2.62 bits per heavy atom. The minimum atomic E-state index is -0.497. The number of piperazine rings is 1. The van der Waals surface area contributed by atoms with Crippen LogP contribution >= 0.6 is 11.8 Å². The maximum absolute atomic E-state index is 14.1. The third-order valence-electron chi connectivity index (χ3n) is 7.19. The van der Waals surface area contributed by atoms with Crippen molar-refractivity contribution in [2.45, 2.75) is 63.5 Å². The molecular formula is C26H37N7O3S. The number of aromatic nitrogens is 3. The van der Waals surface area contributed by atoms with E-state index >= 15 is 0 Å². The number of ether oxygens (including phenoxy) is 1. The molecule has 0 N–H and O–H groups in total. The summed E-state index contributed by atoms with van der Waals surface area (Å²) in [6.07, 6.45) is 7.49. The second-order valence-corrected chi connectivity index (χ2v) is 12.0. The monoisotopic (exact) mass is 527 g/mol.